The van der Waals surface area contributed by atoms with Crippen molar-refractivity contribution in [3.63, 3.8) is 0 Å². The van der Waals surface area contributed by atoms with Gasteiger partial charge in [0.1, 0.15) is 12.4 Å². The van der Waals surface area contributed by atoms with Gasteiger partial charge < -0.3 is 4.74 Å². The molecule has 0 aliphatic carbocycles. The van der Waals surface area contributed by atoms with E-state index in [2.05, 4.69) is 4.74 Å². The van der Waals surface area contributed by atoms with Crippen LogP contribution in [-0.2, 0) is 9.47 Å². The molecule has 0 spiro atoms. The van der Waals surface area contributed by atoms with Gasteiger partial charge in [-0.25, -0.2) is 8.78 Å². The second kappa shape index (κ2) is 7.10. The minimum absolute atomic E-state index is 1.39. The highest BCUT2D eigenvalue weighted by Crippen LogP contribution is 2.56. The maximum atomic E-state index is 13.6. The van der Waals surface area contributed by atoms with Crippen molar-refractivity contribution in [2.24, 2.45) is 0 Å². The van der Waals surface area contributed by atoms with E-state index in [1.165, 1.54) is 6.58 Å². The maximum absolute atomic E-state index is 13.6. The van der Waals surface area contributed by atoms with Gasteiger partial charge >= 0.3 is 42.3 Å². The third-order valence-electron chi connectivity index (χ3n) is 2.59. The molecular formula is C10H4F16O2. The van der Waals surface area contributed by atoms with Crippen LogP contribution in [0, 0.1) is 0 Å². The number of rotatable bonds is 7. The number of hydrogen-bond acceptors (Lipinski definition) is 2. The Hall–Kier alpha value is -1.46. The third kappa shape index (κ3) is 4.74. The van der Waals surface area contributed by atoms with Crippen molar-refractivity contribution < 1.29 is 79.7 Å². The summed E-state index contributed by atoms with van der Waals surface area (Å²) in [6.45, 7) is -2.05. The molecule has 168 valence electrons. The zero-order valence-corrected chi connectivity index (χ0v) is 12.3. The normalized spacial score (nSPS) is 19.1. The van der Waals surface area contributed by atoms with Crippen LogP contribution in [-0.4, -0.2) is 48.9 Å². The van der Waals surface area contributed by atoms with Crippen LogP contribution in [0.3, 0.4) is 0 Å². The standard InChI is InChI=1S/C10H4F16O2/c1-3(11)5(15,7(17,18)19)9(23,24)28-6(16,8(20,21)22)10(25,26)27-2-4(12,13)14/h1-2H2. The summed E-state index contributed by atoms with van der Waals surface area (Å²) >= 11 is 0. The van der Waals surface area contributed by atoms with E-state index in [-0.39, 0.29) is 0 Å². The lowest BCUT2D eigenvalue weighted by molar-refractivity contribution is -0.522. The second-order valence-corrected chi connectivity index (χ2v) is 4.69. The van der Waals surface area contributed by atoms with E-state index in [0.29, 0.717) is 0 Å². The molecule has 2 unspecified atom stereocenters. The first-order chi connectivity index (χ1) is 11.9. The highest BCUT2D eigenvalue weighted by Gasteiger charge is 2.83. The van der Waals surface area contributed by atoms with Crippen molar-refractivity contribution in [1.82, 2.24) is 0 Å². The number of hydrogen-bond donors (Lipinski definition) is 0. The van der Waals surface area contributed by atoms with Crippen LogP contribution in [0.15, 0.2) is 12.4 Å². The lowest BCUT2D eigenvalue weighted by atomic mass is 10.0. The van der Waals surface area contributed by atoms with Crippen LogP contribution in [0.1, 0.15) is 0 Å². The fourth-order valence-electron chi connectivity index (χ4n) is 1.27. The first kappa shape index (κ1) is 26.5. The van der Waals surface area contributed by atoms with E-state index in [1.54, 1.807) is 4.74 Å². The number of ether oxygens (including phenoxy) is 2. The van der Waals surface area contributed by atoms with Gasteiger partial charge in [-0.1, -0.05) is 6.58 Å². The summed E-state index contributed by atoms with van der Waals surface area (Å²) in [5, 5.41) is 0. The van der Waals surface area contributed by atoms with Gasteiger partial charge in [-0.2, -0.15) is 61.5 Å². The predicted molar refractivity (Wildman–Crippen MR) is 53.0 cm³/mol. The zero-order valence-electron chi connectivity index (χ0n) is 12.3. The van der Waals surface area contributed by atoms with Crippen molar-refractivity contribution >= 4 is 0 Å². The van der Waals surface area contributed by atoms with E-state index >= 15 is 0 Å². The Morgan fingerprint density at radius 2 is 1.04 bits per heavy atom. The van der Waals surface area contributed by atoms with Gasteiger partial charge in [0.25, 0.3) is 0 Å². The molecule has 0 aromatic rings. The SMILES string of the molecule is C=C(F)C(F)(C(F)(F)F)C(F)(F)OC(F)(C(F)(F)F)C(F)(F)OCC(F)(F)F. The van der Waals surface area contributed by atoms with Gasteiger partial charge in [0.15, 0.2) is 0 Å². The van der Waals surface area contributed by atoms with Crippen molar-refractivity contribution in [2.45, 2.75) is 42.3 Å². The molecule has 0 radical (unpaired) electrons. The Bertz CT molecular complexity index is 573. The first-order valence-electron chi connectivity index (χ1n) is 5.88. The monoisotopic (exact) mass is 460 g/mol. The molecule has 0 aliphatic rings. The lowest BCUT2D eigenvalue weighted by Gasteiger charge is -2.40. The Kier molecular flexibility index (Phi) is 6.73. The van der Waals surface area contributed by atoms with Crippen LogP contribution in [0.25, 0.3) is 0 Å². The average Bonchev–Trinajstić information content (AvgIpc) is 2.40. The van der Waals surface area contributed by atoms with E-state index < -0.39 is 54.7 Å². The Morgan fingerprint density at radius 1 is 0.643 bits per heavy atom. The van der Waals surface area contributed by atoms with Gasteiger partial charge in [-0.3, -0.25) is 4.74 Å². The second-order valence-electron chi connectivity index (χ2n) is 4.69. The van der Waals surface area contributed by atoms with Crippen LogP contribution in [0.4, 0.5) is 70.2 Å². The highest BCUT2D eigenvalue weighted by molar-refractivity contribution is 5.15. The summed E-state index contributed by atoms with van der Waals surface area (Å²) in [7, 11) is 0. The maximum Gasteiger partial charge on any atom is 0.458 e. The lowest BCUT2D eigenvalue weighted by Crippen LogP contribution is -2.66. The van der Waals surface area contributed by atoms with Gasteiger partial charge in [-0.05, 0) is 0 Å². The molecule has 0 saturated carbocycles. The minimum Gasteiger partial charge on any atom is -0.306 e. The van der Waals surface area contributed by atoms with Crippen LogP contribution in [0.2, 0.25) is 0 Å². The number of halogens is 16. The molecule has 0 heterocycles. The number of alkyl halides is 15. The van der Waals surface area contributed by atoms with Crippen molar-refractivity contribution in [2.75, 3.05) is 6.61 Å². The molecular weight excluding hydrogens is 456 g/mol. The molecule has 0 N–H and O–H groups in total. The molecule has 0 amide bonds. The van der Waals surface area contributed by atoms with Gasteiger partial charge in [0.05, 0.1) is 0 Å². The smallest absolute Gasteiger partial charge is 0.306 e. The summed E-state index contributed by atoms with van der Waals surface area (Å²) in [6, 6.07) is 0. The van der Waals surface area contributed by atoms with Crippen LogP contribution < -0.4 is 0 Å². The largest absolute Gasteiger partial charge is 0.458 e. The predicted octanol–water partition coefficient (Wildman–Crippen LogP) is 5.75. The summed E-state index contributed by atoms with van der Waals surface area (Å²) in [6.07, 6.45) is -35.3. The third-order valence-corrected chi connectivity index (χ3v) is 2.59. The summed E-state index contributed by atoms with van der Waals surface area (Å²) < 4.78 is 206. The summed E-state index contributed by atoms with van der Waals surface area (Å²) in [4.78, 5) is 0. The van der Waals surface area contributed by atoms with Gasteiger partial charge in [0.2, 0.25) is 0 Å². The topological polar surface area (TPSA) is 18.5 Å². The molecule has 0 aromatic heterocycles. The molecule has 0 rings (SSSR count). The molecule has 0 bridgehead atoms. The minimum atomic E-state index is -7.55. The zero-order chi connectivity index (χ0) is 23.2. The van der Waals surface area contributed by atoms with E-state index in [9.17, 15) is 70.2 Å². The van der Waals surface area contributed by atoms with Crippen molar-refractivity contribution in [3.05, 3.63) is 12.4 Å². The summed E-state index contributed by atoms with van der Waals surface area (Å²) in [5.74, 6) is -11.4. The molecule has 0 fully saturated rings. The average molecular weight is 460 g/mol. The molecule has 0 aromatic carbocycles. The van der Waals surface area contributed by atoms with E-state index in [0.717, 1.165) is 0 Å². The van der Waals surface area contributed by atoms with Gasteiger partial charge in [0, 0.05) is 0 Å². The molecule has 2 nitrogen and oxygen atoms in total. The molecule has 18 heteroatoms. The van der Waals surface area contributed by atoms with E-state index in [4.69, 9.17) is 0 Å². The van der Waals surface area contributed by atoms with E-state index in [1.807, 2.05) is 0 Å². The highest BCUT2D eigenvalue weighted by atomic mass is 19.4. The van der Waals surface area contributed by atoms with Crippen LogP contribution >= 0.6 is 0 Å². The van der Waals surface area contributed by atoms with Crippen LogP contribution in [0.5, 0.6) is 0 Å². The summed E-state index contributed by atoms with van der Waals surface area (Å²) in [5.41, 5.74) is -7.01. The Morgan fingerprint density at radius 3 is 1.29 bits per heavy atom. The first-order valence-corrected chi connectivity index (χ1v) is 5.88. The molecule has 0 aliphatic heterocycles. The fraction of sp³-hybridized carbons (Fsp3) is 0.800. The Balaban J connectivity index is 6.38. The van der Waals surface area contributed by atoms with Crippen molar-refractivity contribution in [1.29, 1.82) is 0 Å². The fourth-order valence-corrected chi connectivity index (χ4v) is 1.27. The van der Waals surface area contributed by atoms with Gasteiger partial charge in [-0.15, -0.1) is 0 Å². The molecule has 2 atom stereocenters. The molecule has 28 heavy (non-hydrogen) atoms. The molecule has 0 saturated heterocycles. The quantitative estimate of drug-likeness (QED) is 0.451. The Labute approximate surface area is 142 Å². The van der Waals surface area contributed by atoms with Crippen molar-refractivity contribution in [3.8, 4) is 0 Å².